The van der Waals surface area contributed by atoms with E-state index in [-0.39, 0.29) is 22.5 Å². The minimum Gasteiger partial charge on any atom is -0.362 e. The number of nitro benzene ring substituents is 1. The molecule has 0 fully saturated rings. The summed E-state index contributed by atoms with van der Waals surface area (Å²) in [6.07, 6.45) is -4.74. The Kier molecular flexibility index (Phi) is 9.42. The lowest BCUT2D eigenvalue weighted by molar-refractivity contribution is -0.384. The molecule has 0 saturated carbocycles. The van der Waals surface area contributed by atoms with Crippen LogP contribution in [0.1, 0.15) is 42.3 Å². The van der Waals surface area contributed by atoms with Gasteiger partial charge in [0.1, 0.15) is 6.04 Å². The monoisotopic (exact) mass is 624 g/mol. The quantitative estimate of drug-likeness (QED) is 0.198. The van der Waals surface area contributed by atoms with Gasteiger partial charge in [0, 0.05) is 30.8 Å². The molecule has 4 rings (SSSR count). The van der Waals surface area contributed by atoms with Crippen LogP contribution in [0, 0.1) is 16.0 Å². The molecule has 1 aliphatic rings. The van der Waals surface area contributed by atoms with Crippen LogP contribution in [0.25, 0.3) is 5.70 Å². The first-order valence-corrected chi connectivity index (χ1v) is 13.9. The maximum absolute atomic E-state index is 14.9. The van der Waals surface area contributed by atoms with Crippen molar-refractivity contribution in [2.75, 3.05) is 0 Å². The molecule has 45 heavy (non-hydrogen) atoms. The van der Waals surface area contributed by atoms with Crippen molar-refractivity contribution in [1.29, 1.82) is 0 Å². The maximum atomic E-state index is 14.9. The zero-order valence-electron chi connectivity index (χ0n) is 24.6. The number of halogens is 3. The van der Waals surface area contributed by atoms with Crippen molar-refractivity contribution >= 4 is 29.1 Å². The molecule has 3 amide bonds. The van der Waals surface area contributed by atoms with E-state index in [4.69, 9.17) is 0 Å². The fourth-order valence-corrected chi connectivity index (χ4v) is 5.34. The summed E-state index contributed by atoms with van der Waals surface area (Å²) in [4.78, 5) is 52.9. The van der Waals surface area contributed by atoms with Crippen LogP contribution in [-0.2, 0) is 16.0 Å². The van der Waals surface area contributed by atoms with E-state index in [1.165, 1.54) is 42.6 Å². The number of nitrogens with zero attached hydrogens (tertiary/aromatic N) is 3. The van der Waals surface area contributed by atoms with E-state index in [1.54, 1.807) is 55.6 Å². The second-order valence-electron chi connectivity index (χ2n) is 10.9. The van der Waals surface area contributed by atoms with Gasteiger partial charge in [-0.1, -0.05) is 74.5 Å². The van der Waals surface area contributed by atoms with E-state index in [2.05, 4.69) is 0 Å². The molecule has 0 aromatic heterocycles. The molecule has 2 N–H and O–H groups in total. The van der Waals surface area contributed by atoms with Crippen molar-refractivity contribution in [2.24, 2.45) is 5.92 Å². The van der Waals surface area contributed by atoms with Crippen molar-refractivity contribution in [3.63, 3.8) is 0 Å². The van der Waals surface area contributed by atoms with Crippen LogP contribution in [0.2, 0.25) is 0 Å². The highest BCUT2D eigenvalue weighted by Crippen LogP contribution is 2.41. The highest BCUT2D eigenvalue weighted by Gasteiger charge is 2.63. The predicted molar refractivity (Wildman–Crippen MR) is 158 cm³/mol. The molecule has 3 atom stereocenters. The fourth-order valence-electron chi connectivity index (χ4n) is 5.34. The Bertz CT molecular complexity index is 1600. The third-order valence-corrected chi connectivity index (χ3v) is 7.44. The number of carbonyl (C=O) groups excluding carboxylic acids is 3. The highest BCUT2D eigenvalue weighted by molar-refractivity contribution is 6.03. The van der Waals surface area contributed by atoms with Crippen molar-refractivity contribution in [2.45, 2.75) is 51.2 Å². The van der Waals surface area contributed by atoms with E-state index < -0.39 is 59.0 Å². The fraction of sp³-hybridized carbons (Fsp3) is 0.281. The third-order valence-electron chi connectivity index (χ3n) is 7.44. The summed E-state index contributed by atoms with van der Waals surface area (Å²) in [5.74, 6) is -3.49. The van der Waals surface area contributed by atoms with Gasteiger partial charge in [-0.25, -0.2) is 0 Å². The first kappa shape index (κ1) is 32.9. The summed E-state index contributed by atoms with van der Waals surface area (Å²) in [5.41, 5.74) is -3.73. The molecule has 3 aromatic rings. The Balaban J connectivity index is 1.98. The van der Waals surface area contributed by atoms with Gasteiger partial charge in [-0.15, -0.1) is 0 Å². The van der Waals surface area contributed by atoms with Crippen LogP contribution in [-0.4, -0.2) is 61.5 Å². The van der Waals surface area contributed by atoms with Crippen LogP contribution >= 0.6 is 0 Å². The molecule has 0 saturated heterocycles. The van der Waals surface area contributed by atoms with Crippen molar-refractivity contribution in [3.8, 4) is 0 Å². The highest BCUT2D eigenvalue weighted by atomic mass is 19.4. The standard InChI is InChI=1S/C32H31F3N4O6/c1-20(2)28-30(42)38(27(18-22-10-6-4-7-11-22)31(43,32(33,34)35)36-21(3)40)26(23-12-8-5-9-13-23)19-37(28)29(41)24-14-16-25(17-15-24)39(44)45/h4-17,19-20,27-28,43H,18H2,1-3H3,(H,36,40). The minimum absolute atomic E-state index is 0.00189. The average Bonchev–Trinajstić information content (AvgIpc) is 2.99. The van der Waals surface area contributed by atoms with Gasteiger partial charge in [0.15, 0.2) is 0 Å². The van der Waals surface area contributed by atoms with E-state index in [9.17, 15) is 42.8 Å². The summed E-state index contributed by atoms with van der Waals surface area (Å²) in [6, 6.07) is 17.0. The number of benzene rings is 3. The number of alkyl halides is 3. The molecule has 0 spiro atoms. The number of amides is 3. The Labute approximate surface area is 256 Å². The number of rotatable bonds is 9. The van der Waals surface area contributed by atoms with Crippen LogP contribution in [0.4, 0.5) is 18.9 Å². The van der Waals surface area contributed by atoms with Crippen LogP contribution in [0.15, 0.2) is 91.1 Å². The van der Waals surface area contributed by atoms with Gasteiger partial charge < -0.3 is 15.3 Å². The minimum atomic E-state index is -5.45. The largest absolute Gasteiger partial charge is 0.438 e. The van der Waals surface area contributed by atoms with Crippen molar-refractivity contribution in [1.82, 2.24) is 15.1 Å². The molecule has 0 radical (unpaired) electrons. The number of nitro groups is 1. The summed E-state index contributed by atoms with van der Waals surface area (Å²) < 4.78 is 44.6. The molecular weight excluding hydrogens is 593 g/mol. The lowest BCUT2D eigenvalue weighted by Gasteiger charge is -2.49. The van der Waals surface area contributed by atoms with E-state index >= 15 is 0 Å². The summed E-state index contributed by atoms with van der Waals surface area (Å²) in [5, 5.41) is 24.2. The van der Waals surface area contributed by atoms with Gasteiger partial charge in [0.05, 0.1) is 16.7 Å². The van der Waals surface area contributed by atoms with Crippen LogP contribution < -0.4 is 5.32 Å². The molecule has 1 heterocycles. The van der Waals surface area contributed by atoms with Gasteiger partial charge in [0.2, 0.25) is 5.91 Å². The number of hydrogen-bond acceptors (Lipinski definition) is 6. The second-order valence-corrected chi connectivity index (χ2v) is 10.9. The first-order chi connectivity index (χ1) is 21.2. The molecule has 13 heteroatoms. The molecule has 0 aliphatic carbocycles. The zero-order valence-corrected chi connectivity index (χ0v) is 24.6. The third kappa shape index (κ3) is 6.73. The first-order valence-electron chi connectivity index (χ1n) is 13.9. The van der Waals surface area contributed by atoms with Gasteiger partial charge in [0.25, 0.3) is 23.2 Å². The predicted octanol–water partition coefficient (Wildman–Crippen LogP) is 4.90. The lowest BCUT2D eigenvalue weighted by Crippen LogP contribution is -2.72. The number of carbonyl (C=O) groups is 3. The molecule has 3 unspecified atom stereocenters. The van der Waals surface area contributed by atoms with Gasteiger partial charge >= 0.3 is 6.18 Å². The van der Waals surface area contributed by atoms with E-state index in [0.717, 1.165) is 28.9 Å². The van der Waals surface area contributed by atoms with Gasteiger partial charge in [-0.3, -0.25) is 29.4 Å². The second kappa shape index (κ2) is 12.9. The summed E-state index contributed by atoms with van der Waals surface area (Å²) >= 11 is 0. The van der Waals surface area contributed by atoms with Crippen molar-refractivity contribution in [3.05, 3.63) is 118 Å². The number of non-ortho nitro benzene ring substituents is 1. The Morgan fingerprint density at radius 1 is 0.978 bits per heavy atom. The smallest absolute Gasteiger partial charge is 0.362 e. The Morgan fingerprint density at radius 3 is 2.02 bits per heavy atom. The summed E-state index contributed by atoms with van der Waals surface area (Å²) in [6.45, 7) is 4.03. The molecule has 3 aromatic carbocycles. The van der Waals surface area contributed by atoms with E-state index in [0.29, 0.717) is 5.56 Å². The molecule has 236 valence electrons. The van der Waals surface area contributed by atoms with Gasteiger partial charge in [-0.2, -0.15) is 13.2 Å². The topological polar surface area (TPSA) is 133 Å². The lowest BCUT2D eigenvalue weighted by atomic mass is 9.88. The molecule has 1 aliphatic heterocycles. The van der Waals surface area contributed by atoms with Gasteiger partial charge in [-0.05, 0) is 35.6 Å². The Morgan fingerprint density at radius 2 is 1.53 bits per heavy atom. The number of hydrogen-bond donors (Lipinski definition) is 2. The zero-order chi connectivity index (χ0) is 33.1. The molecule has 10 nitrogen and oxygen atoms in total. The van der Waals surface area contributed by atoms with Crippen LogP contribution in [0.3, 0.4) is 0 Å². The molecule has 0 bridgehead atoms. The SMILES string of the molecule is CC(=O)NC(O)(C(Cc1ccccc1)N1C(=O)C(C(C)C)N(C(=O)c2ccc([N+](=O)[O-])cc2)C=C1c1ccccc1)C(F)(F)F. The number of aliphatic hydroxyl groups is 1. The average molecular weight is 625 g/mol. The van der Waals surface area contributed by atoms with Crippen LogP contribution in [0.5, 0.6) is 0 Å². The van der Waals surface area contributed by atoms with E-state index in [1.807, 2.05) is 0 Å². The maximum Gasteiger partial charge on any atom is 0.438 e. The Hall–Kier alpha value is -5.04. The summed E-state index contributed by atoms with van der Waals surface area (Å²) in [7, 11) is 0. The van der Waals surface area contributed by atoms with Crippen molar-refractivity contribution < 1.29 is 37.6 Å². The molecular formula is C32H31F3N4O6. The number of nitrogens with one attached hydrogen (secondary N) is 1. The normalized spacial score (nSPS) is 17.4.